The fourth-order valence-electron chi connectivity index (χ4n) is 2.25. The number of nitrogens with zero attached hydrogens (tertiary/aromatic N) is 2. The molecule has 0 bridgehead atoms. The Bertz CT molecular complexity index is 368. The van der Waals surface area contributed by atoms with Gasteiger partial charge in [0.2, 0.25) is 0 Å². The molecule has 0 amide bonds. The predicted octanol–water partition coefficient (Wildman–Crippen LogP) is 1.47. The summed E-state index contributed by atoms with van der Waals surface area (Å²) in [6, 6.07) is 0.494. The first-order valence-corrected chi connectivity index (χ1v) is 7.86. The van der Waals surface area contributed by atoms with Crippen molar-refractivity contribution in [2.75, 3.05) is 18.1 Å². The largest absolute Gasteiger partial charge is 0.330 e. The second-order valence-corrected chi connectivity index (χ2v) is 6.24. The lowest BCUT2D eigenvalue weighted by molar-refractivity contribution is 0.443. The molecule has 1 fully saturated rings. The lowest BCUT2D eigenvalue weighted by Crippen LogP contribution is -2.24. The van der Waals surface area contributed by atoms with Gasteiger partial charge in [-0.2, -0.15) is 0 Å². The van der Waals surface area contributed by atoms with Crippen LogP contribution in [-0.4, -0.2) is 31.8 Å². The van der Waals surface area contributed by atoms with Crippen molar-refractivity contribution in [3.05, 3.63) is 18.2 Å². The molecule has 1 aliphatic rings. The van der Waals surface area contributed by atoms with Crippen molar-refractivity contribution in [1.29, 1.82) is 0 Å². The summed E-state index contributed by atoms with van der Waals surface area (Å²) in [7, 11) is -0.585. The fraction of sp³-hybridized carbons (Fsp3) is 0.750. The summed E-state index contributed by atoms with van der Waals surface area (Å²) in [6.45, 7) is 4.09. The second kappa shape index (κ2) is 6.31. The van der Waals surface area contributed by atoms with Gasteiger partial charge >= 0.3 is 0 Å². The summed E-state index contributed by atoms with van der Waals surface area (Å²) >= 11 is 0. The predicted molar refractivity (Wildman–Crippen MR) is 70.4 cm³/mol. The lowest BCUT2D eigenvalue weighted by atomic mass is 10.1. The average Bonchev–Trinajstić information content (AvgIpc) is 2.79. The molecule has 4 nitrogen and oxygen atoms in total. The van der Waals surface area contributed by atoms with E-state index in [1.165, 1.54) is 5.69 Å². The maximum Gasteiger partial charge on any atom is 0.0951 e. The number of aromatic nitrogens is 2. The number of rotatable bonds is 5. The van der Waals surface area contributed by atoms with Gasteiger partial charge in [0.05, 0.1) is 12.0 Å². The van der Waals surface area contributed by atoms with Crippen LogP contribution < -0.4 is 5.32 Å². The van der Waals surface area contributed by atoms with Crippen LogP contribution in [0.3, 0.4) is 0 Å². The van der Waals surface area contributed by atoms with E-state index in [-0.39, 0.29) is 0 Å². The third-order valence-corrected chi connectivity index (χ3v) is 4.61. The Morgan fingerprint density at radius 2 is 2.29 bits per heavy atom. The molecule has 1 aromatic rings. The van der Waals surface area contributed by atoms with E-state index in [2.05, 4.69) is 21.8 Å². The normalized spacial score (nSPS) is 25.0. The van der Waals surface area contributed by atoms with Crippen molar-refractivity contribution < 1.29 is 4.21 Å². The average molecular weight is 255 g/mol. The second-order valence-electron chi connectivity index (χ2n) is 4.55. The molecular formula is C12H21N3OS. The van der Waals surface area contributed by atoms with Gasteiger partial charge < -0.3 is 9.88 Å². The highest BCUT2D eigenvalue weighted by Crippen LogP contribution is 2.23. The van der Waals surface area contributed by atoms with Crippen LogP contribution in [0, 0.1) is 0 Å². The maximum atomic E-state index is 11.3. The van der Waals surface area contributed by atoms with E-state index in [4.69, 9.17) is 0 Å². The van der Waals surface area contributed by atoms with Gasteiger partial charge in [-0.3, -0.25) is 4.21 Å². The summed E-state index contributed by atoms with van der Waals surface area (Å²) in [5.41, 5.74) is 1.25. The quantitative estimate of drug-likeness (QED) is 0.810. The van der Waals surface area contributed by atoms with Crippen molar-refractivity contribution in [3.8, 4) is 0 Å². The van der Waals surface area contributed by atoms with E-state index in [1.54, 1.807) is 0 Å². The van der Waals surface area contributed by atoms with Crippen LogP contribution in [0.15, 0.2) is 12.5 Å². The van der Waals surface area contributed by atoms with Gasteiger partial charge in [0.15, 0.2) is 0 Å². The van der Waals surface area contributed by atoms with Gasteiger partial charge in [-0.25, -0.2) is 4.98 Å². The molecule has 5 heteroatoms. The molecule has 17 heavy (non-hydrogen) atoms. The molecule has 0 saturated carbocycles. The Kier molecular flexibility index (Phi) is 4.74. The molecule has 2 heterocycles. The lowest BCUT2D eigenvalue weighted by Gasteiger charge is -2.24. The molecule has 0 aromatic carbocycles. The molecule has 0 aliphatic carbocycles. The highest BCUT2D eigenvalue weighted by atomic mass is 32.2. The van der Waals surface area contributed by atoms with E-state index in [1.807, 2.05) is 12.5 Å². The zero-order chi connectivity index (χ0) is 12.1. The smallest absolute Gasteiger partial charge is 0.0951 e. The number of hydrogen-bond acceptors (Lipinski definition) is 3. The summed E-state index contributed by atoms with van der Waals surface area (Å²) in [5.74, 6) is 1.68. The molecule has 0 spiro atoms. The topological polar surface area (TPSA) is 46.9 Å². The summed E-state index contributed by atoms with van der Waals surface area (Å²) in [5, 5.41) is 3.40. The molecule has 1 aromatic heterocycles. The van der Waals surface area contributed by atoms with Gasteiger partial charge in [0, 0.05) is 41.1 Å². The first-order valence-electron chi connectivity index (χ1n) is 6.37. The first-order chi connectivity index (χ1) is 8.31. The van der Waals surface area contributed by atoms with Gasteiger partial charge in [0.25, 0.3) is 0 Å². The molecule has 1 N–H and O–H groups in total. The van der Waals surface area contributed by atoms with Crippen LogP contribution in [0.2, 0.25) is 0 Å². The van der Waals surface area contributed by atoms with Crippen LogP contribution in [0.5, 0.6) is 0 Å². The van der Waals surface area contributed by atoms with E-state index in [0.29, 0.717) is 6.04 Å². The third-order valence-electron chi connectivity index (χ3n) is 3.23. The Morgan fingerprint density at radius 3 is 3.00 bits per heavy atom. The van der Waals surface area contributed by atoms with Crippen molar-refractivity contribution in [2.24, 2.45) is 0 Å². The van der Waals surface area contributed by atoms with Crippen molar-refractivity contribution in [2.45, 2.75) is 38.8 Å². The molecule has 0 radical (unpaired) electrons. The summed E-state index contributed by atoms with van der Waals surface area (Å²) in [6.07, 6.45) is 7.04. The minimum atomic E-state index is -0.585. The summed E-state index contributed by atoms with van der Waals surface area (Å²) < 4.78 is 13.6. The Labute approximate surface area is 105 Å². The highest BCUT2D eigenvalue weighted by Gasteiger charge is 2.20. The zero-order valence-corrected chi connectivity index (χ0v) is 11.2. The molecule has 1 saturated heterocycles. The van der Waals surface area contributed by atoms with Crippen molar-refractivity contribution in [3.63, 3.8) is 0 Å². The number of imidazole rings is 1. The maximum absolute atomic E-state index is 11.3. The molecule has 0 atom stereocenters. The van der Waals surface area contributed by atoms with Crippen LogP contribution in [-0.2, 0) is 17.3 Å². The van der Waals surface area contributed by atoms with Crippen molar-refractivity contribution in [1.82, 2.24) is 14.9 Å². The fourth-order valence-corrected chi connectivity index (χ4v) is 3.52. The third kappa shape index (κ3) is 3.39. The van der Waals surface area contributed by atoms with Crippen LogP contribution in [0.1, 0.15) is 37.9 Å². The first kappa shape index (κ1) is 12.8. The highest BCUT2D eigenvalue weighted by molar-refractivity contribution is 7.85. The van der Waals surface area contributed by atoms with E-state index >= 15 is 0 Å². The molecular weight excluding hydrogens is 234 g/mol. The minimum absolute atomic E-state index is 0.494. The molecule has 0 unspecified atom stereocenters. The van der Waals surface area contributed by atoms with Gasteiger partial charge in [-0.05, 0) is 25.8 Å². The van der Waals surface area contributed by atoms with Crippen molar-refractivity contribution >= 4 is 10.8 Å². The number of nitrogens with one attached hydrogen (secondary N) is 1. The van der Waals surface area contributed by atoms with Crippen LogP contribution in [0.25, 0.3) is 0 Å². The van der Waals surface area contributed by atoms with E-state index in [0.717, 1.165) is 43.9 Å². The van der Waals surface area contributed by atoms with Gasteiger partial charge in [-0.1, -0.05) is 6.92 Å². The van der Waals surface area contributed by atoms with Gasteiger partial charge in [0.1, 0.15) is 0 Å². The summed E-state index contributed by atoms with van der Waals surface area (Å²) in [4.78, 5) is 4.24. The van der Waals surface area contributed by atoms with Crippen LogP contribution in [0.4, 0.5) is 0 Å². The minimum Gasteiger partial charge on any atom is -0.330 e. The van der Waals surface area contributed by atoms with E-state index < -0.39 is 10.8 Å². The molecule has 96 valence electrons. The number of hydrogen-bond donors (Lipinski definition) is 1. The Balaban J connectivity index is 1.95. The SMILES string of the molecule is CCCNCc1cncn1C1CCS(=O)CC1. The zero-order valence-electron chi connectivity index (χ0n) is 10.4. The Hall–Kier alpha value is -0.680. The molecule has 1 aliphatic heterocycles. The standard InChI is InChI=1S/C12H21N3OS/c1-2-5-13-8-12-9-14-10-15(12)11-3-6-17(16)7-4-11/h9-11,13H,2-8H2,1H3. The van der Waals surface area contributed by atoms with Crippen LogP contribution >= 0.6 is 0 Å². The van der Waals surface area contributed by atoms with E-state index in [9.17, 15) is 4.21 Å². The monoisotopic (exact) mass is 255 g/mol. The molecule has 2 rings (SSSR count). The Morgan fingerprint density at radius 1 is 1.53 bits per heavy atom. The van der Waals surface area contributed by atoms with Gasteiger partial charge in [-0.15, -0.1) is 0 Å².